The fraction of sp³-hybridized carbons (Fsp3) is 0.190. The van der Waals surface area contributed by atoms with Crippen molar-refractivity contribution >= 4 is 22.4 Å². The molecule has 9 heteroatoms. The summed E-state index contributed by atoms with van der Waals surface area (Å²) < 4.78 is 6.68. The number of nitrogens with zero attached hydrogens (tertiary/aromatic N) is 5. The summed E-state index contributed by atoms with van der Waals surface area (Å²) in [5.41, 5.74) is 2.81. The van der Waals surface area contributed by atoms with Crippen molar-refractivity contribution in [2.75, 3.05) is 12.4 Å². The minimum Gasteiger partial charge on any atom is -0.497 e. The summed E-state index contributed by atoms with van der Waals surface area (Å²) in [5, 5.41) is 14.7. The summed E-state index contributed by atoms with van der Waals surface area (Å²) in [7, 11) is 1.63. The summed E-state index contributed by atoms with van der Waals surface area (Å²) in [6, 6.07) is 16.9. The molecular weight excluding hydrogens is 400 g/mol. The largest absolute Gasteiger partial charge is 0.497 e. The van der Waals surface area contributed by atoms with Gasteiger partial charge in [0.25, 0.3) is 5.91 Å². The molecule has 4 aromatic rings. The topological polar surface area (TPSA) is 94.8 Å². The number of anilines is 1. The highest BCUT2D eigenvalue weighted by molar-refractivity contribution is 7.16. The number of amides is 1. The van der Waals surface area contributed by atoms with Gasteiger partial charge in [-0.15, -0.1) is 16.4 Å². The van der Waals surface area contributed by atoms with E-state index in [1.165, 1.54) is 22.3 Å². The van der Waals surface area contributed by atoms with Gasteiger partial charge in [-0.2, -0.15) is 0 Å². The number of benzene rings is 2. The molecule has 0 fully saturated rings. The highest BCUT2D eigenvalue weighted by Gasteiger charge is 2.24. The molecule has 0 unspecified atom stereocenters. The molecule has 1 atom stereocenters. The van der Waals surface area contributed by atoms with Gasteiger partial charge in [-0.1, -0.05) is 30.3 Å². The zero-order valence-corrected chi connectivity index (χ0v) is 17.3. The third-order valence-corrected chi connectivity index (χ3v) is 5.54. The Labute approximate surface area is 177 Å². The Kier molecular flexibility index (Phi) is 5.80. The average Bonchev–Trinajstić information content (AvgIpc) is 3.43. The molecule has 0 saturated carbocycles. The van der Waals surface area contributed by atoms with E-state index in [1.54, 1.807) is 7.11 Å². The van der Waals surface area contributed by atoms with E-state index in [4.69, 9.17) is 4.74 Å². The van der Waals surface area contributed by atoms with Crippen molar-refractivity contribution in [1.29, 1.82) is 0 Å². The van der Waals surface area contributed by atoms with Crippen molar-refractivity contribution in [3.63, 3.8) is 0 Å². The van der Waals surface area contributed by atoms with Gasteiger partial charge in [0.2, 0.25) is 0 Å². The number of nitrogens with one attached hydrogen (secondary N) is 1. The van der Waals surface area contributed by atoms with Gasteiger partial charge in [0.05, 0.1) is 12.8 Å². The molecule has 0 spiro atoms. The molecule has 0 bridgehead atoms. The van der Waals surface area contributed by atoms with Crippen LogP contribution in [0.5, 0.6) is 5.75 Å². The van der Waals surface area contributed by atoms with Crippen molar-refractivity contribution in [1.82, 2.24) is 25.2 Å². The highest BCUT2D eigenvalue weighted by Crippen LogP contribution is 2.31. The molecule has 1 amide bonds. The fourth-order valence-corrected chi connectivity index (χ4v) is 3.95. The predicted molar refractivity (Wildman–Crippen MR) is 114 cm³/mol. The van der Waals surface area contributed by atoms with E-state index in [9.17, 15) is 4.79 Å². The molecule has 8 nitrogen and oxygen atoms in total. The molecule has 30 heavy (non-hydrogen) atoms. The second-order valence-corrected chi connectivity index (χ2v) is 7.84. The third-order valence-electron chi connectivity index (χ3n) is 4.65. The number of carbonyl (C=O) groups excluding carboxylic acids is 1. The zero-order valence-electron chi connectivity index (χ0n) is 16.5. The Hall–Kier alpha value is -3.59. The number of tetrazole rings is 1. The quantitative estimate of drug-likeness (QED) is 0.491. The molecule has 0 saturated heterocycles. The number of aryl methyl sites for hydroxylation is 1. The first-order valence-electron chi connectivity index (χ1n) is 9.33. The van der Waals surface area contributed by atoms with Crippen molar-refractivity contribution in [2.24, 2.45) is 0 Å². The Balaban J connectivity index is 1.55. The van der Waals surface area contributed by atoms with E-state index in [0.29, 0.717) is 11.6 Å². The second kappa shape index (κ2) is 8.83. The molecule has 2 aromatic heterocycles. The molecule has 152 valence electrons. The smallest absolute Gasteiger partial charge is 0.251 e. The van der Waals surface area contributed by atoms with Crippen LogP contribution in [-0.2, 0) is 11.2 Å². The van der Waals surface area contributed by atoms with Crippen molar-refractivity contribution in [3.05, 3.63) is 71.4 Å². The Morgan fingerprint density at radius 1 is 1.17 bits per heavy atom. The van der Waals surface area contributed by atoms with Gasteiger partial charge in [0.15, 0.2) is 5.13 Å². The number of ether oxygens (including phenoxy) is 1. The fourth-order valence-electron chi connectivity index (χ4n) is 3.11. The predicted octanol–water partition coefficient (Wildman–Crippen LogP) is 3.54. The molecule has 4 rings (SSSR count). The minimum absolute atomic E-state index is 0.221. The van der Waals surface area contributed by atoms with Gasteiger partial charge in [-0.05, 0) is 47.2 Å². The molecule has 0 radical (unpaired) electrons. The van der Waals surface area contributed by atoms with Crippen LogP contribution >= 0.6 is 11.3 Å². The van der Waals surface area contributed by atoms with Crippen LogP contribution in [0.4, 0.5) is 5.13 Å². The van der Waals surface area contributed by atoms with Crippen LogP contribution < -0.4 is 10.1 Å². The number of hydrogen-bond donors (Lipinski definition) is 1. The second-order valence-electron chi connectivity index (χ2n) is 6.64. The monoisotopic (exact) mass is 420 g/mol. The lowest BCUT2D eigenvalue weighted by molar-refractivity contribution is -0.119. The first-order valence-corrected chi connectivity index (χ1v) is 10.1. The van der Waals surface area contributed by atoms with Gasteiger partial charge >= 0.3 is 0 Å². The van der Waals surface area contributed by atoms with Crippen LogP contribution in [-0.4, -0.2) is 38.2 Å². The summed E-state index contributed by atoms with van der Waals surface area (Å²) in [5.74, 6) is 0.562. The highest BCUT2D eigenvalue weighted by atomic mass is 32.1. The maximum atomic E-state index is 13.1. The number of thiazole rings is 1. The Morgan fingerprint density at radius 2 is 1.93 bits per heavy atom. The van der Waals surface area contributed by atoms with Crippen molar-refractivity contribution in [3.8, 4) is 17.0 Å². The summed E-state index contributed by atoms with van der Waals surface area (Å²) in [6.07, 6.45) is 1.91. The molecule has 2 heterocycles. The standard InChI is InChI=1S/C21H20N6O2S/c1-14-19(16-8-10-17(29-2)11-9-16)23-21(30-14)24-20(28)18(27-13-22-25-26-27)12-15-6-4-3-5-7-15/h3-11,13,18H,12H2,1-2H3,(H,23,24,28)/t18-/m0/s1. The van der Waals surface area contributed by atoms with Gasteiger partial charge in [0, 0.05) is 16.9 Å². The van der Waals surface area contributed by atoms with E-state index in [1.807, 2.05) is 61.5 Å². The van der Waals surface area contributed by atoms with Crippen LogP contribution in [0.3, 0.4) is 0 Å². The molecule has 0 aliphatic rings. The van der Waals surface area contributed by atoms with Crippen LogP contribution in [0.15, 0.2) is 60.9 Å². The normalized spacial score (nSPS) is 11.8. The summed E-state index contributed by atoms with van der Waals surface area (Å²) >= 11 is 1.43. The van der Waals surface area contributed by atoms with Crippen LogP contribution in [0, 0.1) is 6.92 Å². The maximum Gasteiger partial charge on any atom is 0.251 e. The van der Waals surface area contributed by atoms with Crippen molar-refractivity contribution < 1.29 is 9.53 Å². The SMILES string of the molecule is COc1ccc(-c2nc(NC(=O)[C@H](Cc3ccccc3)n3cnnn3)sc2C)cc1. The zero-order chi connectivity index (χ0) is 20.9. The van der Waals surface area contributed by atoms with E-state index >= 15 is 0 Å². The van der Waals surface area contributed by atoms with Gasteiger partial charge in [-0.3, -0.25) is 4.79 Å². The summed E-state index contributed by atoms with van der Waals surface area (Å²) in [6.45, 7) is 1.98. The lowest BCUT2D eigenvalue weighted by atomic mass is 10.1. The van der Waals surface area contributed by atoms with Crippen molar-refractivity contribution in [2.45, 2.75) is 19.4 Å². The van der Waals surface area contributed by atoms with Gasteiger partial charge < -0.3 is 10.1 Å². The molecule has 2 aromatic carbocycles. The van der Waals surface area contributed by atoms with Crippen LogP contribution in [0.2, 0.25) is 0 Å². The van der Waals surface area contributed by atoms with Gasteiger partial charge in [0.1, 0.15) is 18.1 Å². The van der Waals surface area contributed by atoms with Gasteiger partial charge in [-0.25, -0.2) is 9.67 Å². The first kappa shape index (κ1) is 19.7. The molecular formula is C21H20N6O2S. The molecule has 1 N–H and O–H groups in total. The van der Waals surface area contributed by atoms with E-state index < -0.39 is 6.04 Å². The summed E-state index contributed by atoms with van der Waals surface area (Å²) in [4.78, 5) is 18.7. The Morgan fingerprint density at radius 3 is 2.60 bits per heavy atom. The number of carbonyl (C=O) groups is 1. The van der Waals surface area contributed by atoms with E-state index in [-0.39, 0.29) is 5.91 Å². The number of rotatable bonds is 7. The Bertz CT molecular complexity index is 1110. The third kappa shape index (κ3) is 4.36. The van der Waals surface area contributed by atoms with Crippen LogP contribution in [0.1, 0.15) is 16.5 Å². The number of methoxy groups -OCH3 is 1. The van der Waals surface area contributed by atoms with Crippen LogP contribution in [0.25, 0.3) is 11.3 Å². The molecule has 0 aliphatic carbocycles. The lowest BCUT2D eigenvalue weighted by Gasteiger charge is -2.15. The first-order chi connectivity index (χ1) is 14.6. The molecule has 0 aliphatic heterocycles. The minimum atomic E-state index is -0.587. The number of hydrogen-bond acceptors (Lipinski definition) is 7. The maximum absolute atomic E-state index is 13.1. The average molecular weight is 420 g/mol. The number of aromatic nitrogens is 5. The van der Waals surface area contributed by atoms with E-state index in [2.05, 4.69) is 25.8 Å². The van der Waals surface area contributed by atoms with E-state index in [0.717, 1.165) is 27.4 Å². The lowest BCUT2D eigenvalue weighted by Crippen LogP contribution is -2.28.